The molecule has 0 aliphatic carbocycles. The summed E-state index contributed by atoms with van der Waals surface area (Å²) in [5.74, 6) is 2.44. The van der Waals surface area contributed by atoms with E-state index in [2.05, 4.69) is 11.5 Å². The van der Waals surface area contributed by atoms with Crippen molar-refractivity contribution in [2.75, 3.05) is 35.5 Å². The summed E-state index contributed by atoms with van der Waals surface area (Å²) in [5, 5.41) is 11.8. The minimum absolute atomic E-state index is 0.365. The molecule has 2 aromatic carbocycles. The number of hydrogen-bond donors (Lipinski definition) is 1. The van der Waals surface area contributed by atoms with Crippen LogP contribution in [0.2, 0.25) is 0 Å². The van der Waals surface area contributed by atoms with Crippen LogP contribution in [0, 0.1) is 0 Å². The summed E-state index contributed by atoms with van der Waals surface area (Å²) in [4.78, 5) is 2.08. The summed E-state index contributed by atoms with van der Waals surface area (Å²) < 4.78 is 21.7. The molecule has 6 heteroatoms. The van der Waals surface area contributed by atoms with Gasteiger partial charge in [-0.3, -0.25) is 4.90 Å². The third kappa shape index (κ3) is 3.08. The molecular weight excluding hydrogens is 358 g/mol. The van der Waals surface area contributed by atoms with Crippen LogP contribution in [0.4, 0.5) is 0 Å². The average molecular weight is 385 g/mol. The first-order chi connectivity index (χ1) is 13.4. The van der Waals surface area contributed by atoms with Crippen LogP contribution < -0.4 is 18.9 Å². The molecule has 0 spiro atoms. The van der Waals surface area contributed by atoms with Crippen molar-refractivity contribution in [3.05, 3.63) is 59.7 Å². The largest absolute Gasteiger partial charge is 0.493 e. The maximum absolute atomic E-state index is 11.8. The van der Waals surface area contributed by atoms with Crippen LogP contribution in [0.15, 0.2) is 43.0 Å². The predicted molar refractivity (Wildman–Crippen MR) is 107 cm³/mol. The van der Waals surface area contributed by atoms with Gasteiger partial charge in [-0.1, -0.05) is 18.7 Å². The second-order valence-corrected chi connectivity index (χ2v) is 6.83. The molecule has 2 atom stereocenters. The first kappa shape index (κ1) is 20.0. The van der Waals surface area contributed by atoms with Gasteiger partial charge in [0.25, 0.3) is 0 Å². The summed E-state index contributed by atoms with van der Waals surface area (Å²) in [7, 11) is 8.34. The third-order valence-electron chi connectivity index (χ3n) is 5.35. The Morgan fingerprint density at radius 2 is 1.54 bits per heavy atom. The number of likely N-dealkylation sites (N-methyl/N-ethyl adjacent to an activating group) is 1. The Bertz CT molecular complexity index is 881. The number of benzene rings is 2. The predicted octanol–water partition coefficient (Wildman–Crippen LogP) is 3.28. The number of aliphatic hydroxyl groups is 1. The zero-order valence-corrected chi connectivity index (χ0v) is 17.0. The van der Waals surface area contributed by atoms with Gasteiger partial charge in [0.1, 0.15) is 5.60 Å². The molecule has 0 aromatic heterocycles. The van der Waals surface area contributed by atoms with Crippen molar-refractivity contribution >= 4 is 0 Å². The molecule has 28 heavy (non-hydrogen) atoms. The standard InChI is InChI=1S/C22H27NO5/c1-7-22(24)16-12-20(28-6)19(27-5)11-15(16)13-23(2)21(22)14-8-9-17(25-3)18(10-14)26-4/h7-12,21,24H,1,13H2,2-6H3. The van der Waals surface area contributed by atoms with Crippen molar-refractivity contribution in [3.8, 4) is 23.0 Å². The lowest BCUT2D eigenvalue weighted by atomic mass is 9.76. The highest BCUT2D eigenvalue weighted by Gasteiger charge is 2.45. The number of rotatable bonds is 6. The fourth-order valence-corrected chi connectivity index (χ4v) is 4.02. The van der Waals surface area contributed by atoms with E-state index in [0.29, 0.717) is 29.5 Å². The molecule has 0 bridgehead atoms. The lowest BCUT2D eigenvalue weighted by molar-refractivity contribution is -0.0240. The van der Waals surface area contributed by atoms with Gasteiger partial charge in [0.2, 0.25) is 0 Å². The van der Waals surface area contributed by atoms with E-state index in [9.17, 15) is 5.11 Å². The van der Waals surface area contributed by atoms with Crippen molar-refractivity contribution in [1.82, 2.24) is 4.90 Å². The van der Waals surface area contributed by atoms with Gasteiger partial charge in [-0.2, -0.15) is 0 Å². The van der Waals surface area contributed by atoms with E-state index >= 15 is 0 Å². The Morgan fingerprint density at radius 1 is 0.964 bits per heavy atom. The highest BCUT2D eigenvalue weighted by molar-refractivity contribution is 5.54. The fourth-order valence-electron chi connectivity index (χ4n) is 4.02. The topological polar surface area (TPSA) is 60.4 Å². The summed E-state index contributed by atoms with van der Waals surface area (Å²) in [5.41, 5.74) is 1.27. The number of hydrogen-bond acceptors (Lipinski definition) is 6. The number of nitrogens with zero attached hydrogens (tertiary/aromatic N) is 1. The van der Waals surface area contributed by atoms with Gasteiger partial charge in [0.15, 0.2) is 23.0 Å². The summed E-state index contributed by atoms with van der Waals surface area (Å²) in [6.07, 6.45) is 1.58. The molecule has 1 N–H and O–H groups in total. The van der Waals surface area contributed by atoms with Crippen LogP contribution in [0.3, 0.4) is 0 Å². The first-order valence-electron chi connectivity index (χ1n) is 8.97. The molecule has 0 fully saturated rings. The van der Waals surface area contributed by atoms with E-state index in [1.165, 1.54) is 0 Å². The van der Waals surface area contributed by atoms with E-state index < -0.39 is 5.60 Å². The van der Waals surface area contributed by atoms with Crippen molar-refractivity contribution in [2.45, 2.75) is 18.2 Å². The molecule has 1 heterocycles. The molecule has 2 unspecified atom stereocenters. The molecule has 6 nitrogen and oxygen atoms in total. The van der Waals surface area contributed by atoms with Gasteiger partial charge in [-0.05, 0) is 48.0 Å². The molecule has 0 saturated heterocycles. The molecule has 1 aliphatic heterocycles. The van der Waals surface area contributed by atoms with Crippen molar-refractivity contribution in [3.63, 3.8) is 0 Å². The van der Waals surface area contributed by atoms with Gasteiger partial charge >= 0.3 is 0 Å². The smallest absolute Gasteiger partial charge is 0.161 e. The highest BCUT2D eigenvalue weighted by atomic mass is 16.5. The molecule has 3 rings (SSSR count). The summed E-state index contributed by atoms with van der Waals surface area (Å²) in [6, 6.07) is 9.04. The number of methoxy groups -OCH3 is 4. The Morgan fingerprint density at radius 3 is 2.11 bits per heavy atom. The van der Waals surface area contributed by atoms with Crippen LogP contribution in [-0.2, 0) is 12.1 Å². The van der Waals surface area contributed by atoms with Gasteiger partial charge in [-0.25, -0.2) is 0 Å². The van der Waals surface area contributed by atoms with E-state index in [1.54, 1.807) is 34.5 Å². The number of ether oxygens (including phenoxy) is 4. The van der Waals surface area contributed by atoms with Crippen molar-refractivity contribution < 1.29 is 24.1 Å². The maximum atomic E-state index is 11.8. The Kier molecular flexibility index (Phi) is 5.54. The van der Waals surface area contributed by atoms with Gasteiger partial charge in [-0.15, -0.1) is 0 Å². The van der Waals surface area contributed by atoms with Gasteiger partial charge in [0, 0.05) is 6.54 Å². The minimum atomic E-state index is -1.33. The number of fused-ring (bicyclic) bond motifs is 1. The van der Waals surface area contributed by atoms with Crippen LogP contribution in [-0.4, -0.2) is 45.5 Å². The quantitative estimate of drug-likeness (QED) is 0.770. The molecule has 0 saturated carbocycles. The monoisotopic (exact) mass is 385 g/mol. The normalized spacial score (nSPS) is 21.6. The van der Waals surface area contributed by atoms with Gasteiger partial charge in [0.05, 0.1) is 34.5 Å². The third-order valence-corrected chi connectivity index (χ3v) is 5.35. The zero-order valence-electron chi connectivity index (χ0n) is 17.0. The fraction of sp³-hybridized carbons (Fsp3) is 0.364. The molecular formula is C22H27NO5. The van der Waals surface area contributed by atoms with Crippen molar-refractivity contribution in [2.24, 2.45) is 0 Å². The summed E-state index contributed by atoms with van der Waals surface area (Å²) in [6.45, 7) is 4.56. The van der Waals surface area contributed by atoms with Gasteiger partial charge < -0.3 is 24.1 Å². The Labute approximate surface area is 165 Å². The highest BCUT2D eigenvalue weighted by Crippen LogP contribution is 2.49. The van der Waals surface area contributed by atoms with E-state index in [0.717, 1.165) is 16.7 Å². The van der Waals surface area contributed by atoms with E-state index in [4.69, 9.17) is 18.9 Å². The lowest BCUT2D eigenvalue weighted by Gasteiger charge is -2.45. The summed E-state index contributed by atoms with van der Waals surface area (Å²) >= 11 is 0. The second kappa shape index (κ2) is 7.73. The Balaban J connectivity index is 2.18. The Hall–Kier alpha value is -2.70. The van der Waals surface area contributed by atoms with E-state index in [-0.39, 0.29) is 6.04 Å². The minimum Gasteiger partial charge on any atom is -0.493 e. The average Bonchev–Trinajstić information content (AvgIpc) is 2.72. The van der Waals surface area contributed by atoms with Crippen LogP contribution in [0.25, 0.3) is 0 Å². The lowest BCUT2D eigenvalue weighted by Crippen LogP contribution is -2.45. The van der Waals surface area contributed by atoms with Crippen LogP contribution in [0.1, 0.15) is 22.7 Å². The molecule has 1 aliphatic rings. The van der Waals surface area contributed by atoms with Crippen LogP contribution >= 0.6 is 0 Å². The zero-order chi connectivity index (χ0) is 20.5. The molecule has 0 amide bonds. The molecule has 2 aromatic rings. The maximum Gasteiger partial charge on any atom is 0.161 e. The van der Waals surface area contributed by atoms with Crippen LogP contribution in [0.5, 0.6) is 23.0 Å². The second-order valence-electron chi connectivity index (χ2n) is 6.83. The SMILES string of the molecule is C=CC1(O)c2cc(OC)c(OC)cc2CN(C)C1c1ccc(OC)c(OC)c1. The molecule has 150 valence electrons. The van der Waals surface area contributed by atoms with Crippen molar-refractivity contribution in [1.29, 1.82) is 0 Å². The molecule has 0 radical (unpaired) electrons. The van der Waals surface area contributed by atoms with E-state index in [1.807, 2.05) is 37.4 Å². The first-order valence-corrected chi connectivity index (χ1v) is 8.97.